The summed E-state index contributed by atoms with van der Waals surface area (Å²) in [6.07, 6.45) is 0.672. The van der Waals surface area contributed by atoms with E-state index >= 15 is 0 Å². The number of halogens is 1. The van der Waals surface area contributed by atoms with Crippen LogP contribution in [0.25, 0.3) is 0 Å². The van der Waals surface area contributed by atoms with E-state index in [9.17, 15) is 9.59 Å². The first-order valence-electron chi connectivity index (χ1n) is 10.1. The zero-order chi connectivity index (χ0) is 22.1. The van der Waals surface area contributed by atoms with Gasteiger partial charge in [0.2, 0.25) is 5.91 Å². The Labute approximate surface area is 190 Å². The highest BCUT2D eigenvalue weighted by Gasteiger charge is 2.41. The maximum atomic E-state index is 13.1. The third-order valence-corrected chi connectivity index (χ3v) is 6.22. The Hall–Kier alpha value is -2.64. The molecule has 0 bridgehead atoms. The van der Waals surface area contributed by atoms with Crippen molar-refractivity contribution in [1.82, 2.24) is 4.90 Å². The molecule has 0 fully saturated rings. The number of rotatable bonds is 5. The molecule has 4 rings (SSSR count). The highest BCUT2D eigenvalue weighted by atomic mass is 35.5. The van der Waals surface area contributed by atoms with Crippen molar-refractivity contribution in [3.05, 3.63) is 58.6 Å². The molecule has 2 aliphatic heterocycles. The number of aryl methyl sites for hydroxylation is 1. The molecular formula is C23H23ClN4O2S. The molecule has 2 heterocycles. The van der Waals surface area contributed by atoms with Crippen molar-refractivity contribution in [2.24, 2.45) is 15.9 Å². The molecule has 0 saturated carbocycles. The minimum absolute atomic E-state index is 0.0913. The molecule has 160 valence electrons. The number of hydrogen-bond acceptors (Lipinski definition) is 5. The first kappa shape index (κ1) is 21.6. The van der Waals surface area contributed by atoms with E-state index in [1.54, 1.807) is 17.0 Å². The monoisotopic (exact) mass is 454 g/mol. The molecule has 2 aromatic rings. The minimum atomic E-state index is -0.424. The Morgan fingerprint density at radius 3 is 2.77 bits per heavy atom. The average molecular weight is 455 g/mol. The number of aliphatic imine (C=N–C) groups is 2. The van der Waals surface area contributed by atoms with E-state index < -0.39 is 6.04 Å². The Morgan fingerprint density at radius 1 is 1.26 bits per heavy atom. The summed E-state index contributed by atoms with van der Waals surface area (Å²) >= 11 is 7.43. The fourth-order valence-corrected chi connectivity index (χ4v) is 4.62. The minimum Gasteiger partial charge on any atom is -0.324 e. The largest absolute Gasteiger partial charge is 0.324 e. The summed E-state index contributed by atoms with van der Waals surface area (Å²) in [5.41, 5.74) is 3.16. The van der Waals surface area contributed by atoms with Crippen LogP contribution in [0.5, 0.6) is 0 Å². The van der Waals surface area contributed by atoms with Gasteiger partial charge in [-0.25, -0.2) is 9.89 Å². The van der Waals surface area contributed by atoms with E-state index in [4.69, 9.17) is 16.6 Å². The van der Waals surface area contributed by atoms with Crippen LogP contribution in [-0.4, -0.2) is 39.5 Å². The van der Waals surface area contributed by atoms with Crippen LogP contribution in [0, 0.1) is 12.8 Å². The number of carbonyl (C=O) groups excluding carboxylic acids is 2. The van der Waals surface area contributed by atoms with Crippen molar-refractivity contribution < 1.29 is 9.59 Å². The number of amides is 2. The zero-order valence-electron chi connectivity index (χ0n) is 17.6. The van der Waals surface area contributed by atoms with E-state index in [1.807, 2.05) is 37.3 Å². The van der Waals surface area contributed by atoms with Crippen LogP contribution in [0.3, 0.4) is 0 Å². The van der Waals surface area contributed by atoms with Gasteiger partial charge in [0.1, 0.15) is 11.9 Å². The molecule has 0 aromatic heterocycles. The molecule has 6 nitrogen and oxygen atoms in total. The number of amidine groups is 2. The summed E-state index contributed by atoms with van der Waals surface area (Å²) in [4.78, 5) is 36.6. The first-order valence-corrected chi connectivity index (χ1v) is 11.5. The molecule has 0 radical (unpaired) electrons. The SMILES string of the molecule is Cc1ccc(NC(=O)CSC2=Nc3ccccc3C3=N[C@H](CC(C)C)C(=O)N23)c(Cl)c1. The lowest BCUT2D eigenvalue weighted by molar-refractivity contribution is -0.125. The van der Waals surface area contributed by atoms with Gasteiger partial charge >= 0.3 is 0 Å². The van der Waals surface area contributed by atoms with Crippen molar-refractivity contribution in [3.8, 4) is 0 Å². The normalized spacial score (nSPS) is 17.3. The van der Waals surface area contributed by atoms with Crippen molar-refractivity contribution in [2.45, 2.75) is 33.2 Å². The number of para-hydroxylation sites is 1. The molecule has 2 aromatic carbocycles. The topological polar surface area (TPSA) is 74.1 Å². The van der Waals surface area contributed by atoms with Crippen molar-refractivity contribution >= 4 is 57.6 Å². The molecule has 31 heavy (non-hydrogen) atoms. The number of thioether (sulfide) groups is 1. The van der Waals surface area contributed by atoms with Crippen molar-refractivity contribution in [3.63, 3.8) is 0 Å². The van der Waals surface area contributed by atoms with Crippen molar-refractivity contribution in [2.75, 3.05) is 11.1 Å². The highest BCUT2D eigenvalue weighted by molar-refractivity contribution is 8.14. The Kier molecular flexibility index (Phi) is 6.16. The molecule has 1 atom stereocenters. The fourth-order valence-electron chi connectivity index (χ4n) is 3.54. The molecular weight excluding hydrogens is 432 g/mol. The van der Waals surface area contributed by atoms with Gasteiger partial charge in [0.05, 0.1) is 22.2 Å². The first-order chi connectivity index (χ1) is 14.8. The van der Waals surface area contributed by atoms with Crippen molar-refractivity contribution in [1.29, 1.82) is 0 Å². The molecule has 1 N–H and O–H groups in total. The predicted molar refractivity (Wildman–Crippen MR) is 127 cm³/mol. The van der Waals surface area contributed by atoms with E-state index in [2.05, 4.69) is 24.2 Å². The second-order valence-corrected chi connectivity index (χ2v) is 9.35. The Balaban J connectivity index is 1.54. The van der Waals surface area contributed by atoms with E-state index in [1.165, 1.54) is 11.8 Å². The van der Waals surface area contributed by atoms with E-state index in [-0.39, 0.29) is 17.6 Å². The number of anilines is 1. The third kappa shape index (κ3) is 4.52. The van der Waals surface area contributed by atoms with Crippen LogP contribution < -0.4 is 5.32 Å². The molecule has 2 aliphatic rings. The third-order valence-electron chi connectivity index (χ3n) is 4.97. The fraction of sp³-hybridized carbons (Fsp3) is 0.304. The van der Waals surface area contributed by atoms with Gasteiger partial charge in [-0.3, -0.25) is 14.6 Å². The average Bonchev–Trinajstić information content (AvgIpc) is 3.04. The van der Waals surface area contributed by atoms with Gasteiger partial charge in [-0.2, -0.15) is 0 Å². The van der Waals surface area contributed by atoms with Gasteiger partial charge in [0, 0.05) is 5.56 Å². The van der Waals surface area contributed by atoms with E-state index in [0.29, 0.717) is 34.1 Å². The van der Waals surface area contributed by atoms with Gasteiger partial charge in [-0.1, -0.05) is 55.4 Å². The summed E-state index contributed by atoms with van der Waals surface area (Å²) in [5.74, 6) is 0.739. The number of hydrogen-bond donors (Lipinski definition) is 1. The lowest BCUT2D eigenvalue weighted by atomic mass is 10.0. The van der Waals surface area contributed by atoms with Gasteiger partial charge in [-0.05, 0) is 49.1 Å². The zero-order valence-corrected chi connectivity index (χ0v) is 19.1. The standard InChI is InChI=1S/C23H23ClN4O2S/c1-13(2)10-19-22(30)28-21(26-19)15-6-4-5-7-17(15)27-23(28)31-12-20(29)25-18-9-8-14(3)11-16(18)24/h4-9,11,13,19H,10,12H2,1-3H3,(H,25,29)/t19-/m1/s1. The molecule has 0 saturated heterocycles. The Morgan fingerprint density at radius 2 is 2.03 bits per heavy atom. The van der Waals surface area contributed by atoms with Crippen LogP contribution in [0.2, 0.25) is 5.02 Å². The van der Waals surface area contributed by atoms with Gasteiger partial charge in [-0.15, -0.1) is 0 Å². The van der Waals surface area contributed by atoms with Gasteiger partial charge in [0.25, 0.3) is 5.91 Å². The number of carbonyl (C=O) groups is 2. The molecule has 0 aliphatic carbocycles. The Bertz CT molecular complexity index is 1110. The number of benzene rings is 2. The number of fused-ring (bicyclic) bond motifs is 3. The summed E-state index contributed by atoms with van der Waals surface area (Å²) in [6, 6.07) is 12.7. The van der Waals surface area contributed by atoms with Crippen LogP contribution >= 0.6 is 23.4 Å². The lowest BCUT2D eigenvalue weighted by Gasteiger charge is -2.25. The lowest BCUT2D eigenvalue weighted by Crippen LogP contribution is -2.41. The van der Waals surface area contributed by atoms with Gasteiger partial charge < -0.3 is 5.32 Å². The molecule has 0 spiro atoms. The summed E-state index contributed by atoms with van der Waals surface area (Å²) in [7, 11) is 0. The summed E-state index contributed by atoms with van der Waals surface area (Å²) in [6.45, 7) is 6.08. The van der Waals surface area contributed by atoms with Gasteiger partial charge in [0.15, 0.2) is 5.17 Å². The second kappa shape index (κ2) is 8.85. The maximum absolute atomic E-state index is 13.1. The quantitative estimate of drug-likeness (QED) is 0.688. The molecule has 2 amide bonds. The van der Waals surface area contributed by atoms with Crippen LogP contribution in [0.1, 0.15) is 31.4 Å². The molecule has 0 unspecified atom stereocenters. The van der Waals surface area contributed by atoms with E-state index in [0.717, 1.165) is 16.8 Å². The second-order valence-electron chi connectivity index (χ2n) is 8.00. The van der Waals surface area contributed by atoms with Crippen LogP contribution in [0.15, 0.2) is 52.4 Å². The maximum Gasteiger partial charge on any atom is 0.259 e. The summed E-state index contributed by atoms with van der Waals surface area (Å²) in [5, 5.41) is 3.78. The number of nitrogens with zero attached hydrogens (tertiary/aromatic N) is 3. The predicted octanol–water partition coefficient (Wildman–Crippen LogP) is 5.02. The highest BCUT2D eigenvalue weighted by Crippen LogP contribution is 2.34. The van der Waals surface area contributed by atoms with Crippen LogP contribution in [-0.2, 0) is 9.59 Å². The molecule has 8 heteroatoms. The number of nitrogens with one attached hydrogen (secondary N) is 1. The summed E-state index contributed by atoms with van der Waals surface area (Å²) < 4.78 is 0. The van der Waals surface area contributed by atoms with Crippen LogP contribution in [0.4, 0.5) is 11.4 Å². The smallest absolute Gasteiger partial charge is 0.259 e.